The lowest BCUT2D eigenvalue weighted by molar-refractivity contribution is -0.131. The van der Waals surface area contributed by atoms with Gasteiger partial charge in [0.05, 0.1) is 11.0 Å². The summed E-state index contributed by atoms with van der Waals surface area (Å²) >= 11 is 15.3. The summed E-state index contributed by atoms with van der Waals surface area (Å²) in [6.45, 7) is 1.94. The third kappa shape index (κ3) is 3.68. The molecular formula is C18H15BrCl2N2O3. The van der Waals surface area contributed by atoms with Gasteiger partial charge in [-0.05, 0) is 58.7 Å². The summed E-state index contributed by atoms with van der Waals surface area (Å²) in [7, 11) is 0. The van der Waals surface area contributed by atoms with Crippen LogP contribution in [0.25, 0.3) is 0 Å². The van der Waals surface area contributed by atoms with Gasteiger partial charge in [0.2, 0.25) is 0 Å². The monoisotopic (exact) mass is 456 g/mol. The van der Waals surface area contributed by atoms with Crippen molar-refractivity contribution < 1.29 is 14.3 Å². The second-order valence-corrected chi connectivity index (χ2v) is 7.67. The van der Waals surface area contributed by atoms with E-state index in [4.69, 9.17) is 27.9 Å². The second-order valence-electron chi connectivity index (χ2n) is 5.95. The first kappa shape index (κ1) is 19.0. The zero-order chi connectivity index (χ0) is 18.9. The van der Waals surface area contributed by atoms with E-state index in [9.17, 15) is 9.59 Å². The summed E-state index contributed by atoms with van der Waals surface area (Å²) in [6.07, 6.45) is 0. The fraction of sp³-hybridized carbons (Fsp3) is 0.222. The van der Waals surface area contributed by atoms with Gasteiger partial charge in [0.15, 0.2) is 0 Å². The van der Waals surface area contributed by atoms with Crippen LogP contribution >= 0.6 is 39.1 Å². The number of carbonyl (C=O) groups excluding carboxylic acids is 2. The first-order valence-corrected chi connectivity index (χ1v) is 9.34. The van der Waals surface area contributed by atoms with Crippen LogP contribution in [0.1, 0.15) is 12.5 Å². The molecule has 3 amide bonds. The summed E-state index contributed by atoms with van der Waals surface area (Å²) in [5.41, 5.74) is -0.518. The smallest absolute Gasteiger partial charge is 0.325 e. The molecule has 8 heteroatoms. The summed E-state index contributed by atoms with van der Waals surface area (Å²) in [5, 5.41) is 3.82. The normalized spacial score (nSPS) is 19.6. The van der Waals surface area contributed by atoms with E-state index in [1.807, 2.05) is 0 Å². The molecule has 0 saturated carbocycles. The highest BCUT2D eigenvalue weighted by atomic mass is 79.9. The minimum atomic E-state index is -1.15. The number of nitrogens with zero attached hydrogens (tertiary/aromatic N) is 1. The van der Waals surface area contributed by atoms with Gasteiger partial charge in [0, 0.05) is 10.0 Å². The molecule has 2 aromatic carbocycles. The van der Waals surface area contributed by atoms with Gasteiger partial charge < -0.3 is 10.1 Å². The molecule has 1 heterocycles. The van der Waals surface area contributed by atoms with Crippen molar-refractivity contribution in [1.82, 2.24) is 10.2 Å². The van der Waals surface area contributed by atoms with E-state index in [-0.39, 0.29) is 19.1 Å². The summed E-state index contributed by atoms with van der Waals surface area (Å²) in [6, 6.07) is 11.5. The Morgan fingerprint density at radius 2 is 1.88 bits per heavy atom. The van der Waals surface area contributed by atoms with E-state index in [0.29, 0.717) is 25.8 Å². The molecule has 0 bridgehead atoms. The van der Waals surface area contributed by atoms with E-state index in [1.165, 1.54) is 0 Å². The maximum Gasteiger partial charge on any atom is 0.325 e. The Kier molecular flexibility index (Phi) is 5.46. The standard InChI is InChI=1S/C18H15BrCl2N2O3/c1-18(11-3-2-4-12(20)9-11)16(24)23(17(25)22-18)7-8-26-15-6-5-13(21)10-14(15)19/h2-6,9-10H,7-8H2,1H3,(H,22,25). The number of imide groups is 1. The molecule has 1 N–H and O–H groups in total. The van der Waals surface area contributed by atoms with Gasteiger partial charge in [-0.25, -0.2) is 4.79 Å². The van der Waals surface area contributed by atoms with Gasteiger partial charge in [0.25, 0.3) is 5.91 Å². The van der Waals surface area contributed by atoms with Gasteiger partial charge >= 0.3 is 6.03 Å². The number of nitrogens with one attached hydrogen (secondary N) is 1. The Morgan fingerprint density at radius 1 is 1.15 bits per heavy atom. The van der Waals surface area contributed by atoms with Crippen LogP contribution < -0.4 is 10.1 Å². The molecule has 136 valence electrons. The van der Waals surface area contributed by atoms with Crippen LogP contribution in [0.15, 0.2) is 46.9 Å². The van der Waals surface area contributed by atoms with Crippen LogP contribution in [0.2, 0.25) is 10.0 Å². The fourth-order valence-electron chi connectivity index (χ4n) is 2.73. The number of benzene rings is 2. The van der Waals surface area contributed by atoms with Crippen LogP contribution in [0, 0.1) is 0 Å². The van der Waals surface area contributed by atoms with Crippen molar-refractivity contribution in [1.29, 1.82) is 0 Å². The van der Waals surface area contributed by atoms with E-state index in [1.54, 1.807) is 49.4 Å². The molecule has 3 rings (SSSR count). The van der Waals surface area contributed by atoms with Crippen LogP contribution in [0.3, 0.4) is 0 Å². The zero-order valence-electron chi connectivity index (χ0n) is 13.8. The fourth-order valence-corrected chi connectivity index (χ4v) is 3.72. The Hall–Kier alpha value is -1.76. The lowest BCUT2D eigenvalue weighted by Crippen LogP contribution is -2.41. The van der Waals surface area contributed by atoms with E-state index < -0.39 is 11.6 Å². The van der Waals surface area contributed by atoms with E-state index >= 15 is 0 Å². The SMILES string of the molecule is CC1(c2cccc(Cl)c2)NC(=O)N(CCOc2ccc(Cl)cc2Br)C1=O. The topological polar surface area (TPSA) is 58.6 Å². The Morgan fingerprint density at radius 3 is 2.58 bits per heavy atom. The average Bonchev–Trinajstić information content (AvgIpc) is 2.81. The van der Waals surface area contributed by atoms with Crippen LogP contribution in [-0.4, -0.2) is 30.0 Å². The Labute approximate surface area is 169 Å². The summed E-state index contributed by atoms with van der Waals surface area (Å²) in [4.78, 5) is 26.3. The van der Waals surface area contributed by atoms with Gasteiger partial charge in [-0.3, -0.25) is 9.69 Å². The molecule has 5 nitrogen and oxygen atoms in total. The first-order chi connectivity index (χ1) is 12.3. The maximum atomic E-state index is 12.8. The molecule has 0 aliphatic carbocycles. The molecule has 2 aromatic rings. The average molecular weight is 458 g/mol. The Balaban J connectivity index is 1.69. The number of urea groups is 1. The first-order valence-electron chi connectivity index (χ1n) is 7.79. The highest BCUT2D eigenvalue weighted by Gasteiger charge is 2.48. The van der Waals surface area contributed by atoms with Crippen molar-refractivity contribution in [2.45, 2.75) is 12.5 Å². The lowest BCUT2D eigenvalue weighted by atomic mass is 9.92. The molecule has 1 atom stereocenters. The quantitative estimate of drug-likeness (QED) is 0.667. The number of ether oxygens (including phenoxy) is 1. The van der Waals surface area contributed by atoms with Crippen molar-refractivity contribution in [2.75, 3.05) is 13.2 Å². The van der Waals surface area contributed by atoms with Crippen LogP contribution in [0.5, 0.6) is 5.75 Å². The predicted molar refractivity (Wildman–Crippen MR) is 104 cm³/mol. The summed E-state index contributed by atoms with van der Waals surface area (Å²) < 4.78 is 6.34. The minimum Gasteiger partial charge on any atom is -0.491 e. The number of rotatable bonds is 5. The number of hydrogen-bond acceptors (Lipinski definition) is 3. The van der Waals surface area contributed by atoms with Gasteiger partial charge in [-0.2, -0.15) is 0 Å². The number of hydrogen-bond donors (Lipinski definition) is 1. The van der Waals surface area contributed by atoms with E-state index in [0.717, 1.165) is 4.90 Å². The molecule has 1 aliphatic rings. The van der Waals surface area contributed by atoms with Crippen molar-refractivity contribution in [2.24, 2.45) is 0 Å². The van der Waals surface area contributed by atoms with Crippen LogP contribution in [0.4, 0.5) is 4.79 Å². The third-order valence-electron chi connectivity index (χ3n) is 4.14. The predicted octanol–water partition coefficient (Wildman–Crippen LogP) is 4.60. The molecule has 1 saturated heterocycles. The number of amides is 3. The molecule has 0 radical (unpaired) electrons. The Bertz CT molecular complexity index is 877. The molecule has 0 spiro atoms. The van der Waals surface area contributed by atoms with Crippen molar-refractivity contribution in [3.63, 3.8) is 0 Å². The second kappa shape index (κ2) is 7.47. The van der Waals surface area contributed by atoms with Gasteiger partial charge in [-0.1, -0.05) is 35.3 Å². The molecule has 1 aliphatic heterocycles. The highest BCUT2D eigenvalue weighted by Crippen LogP contribution is 2.31. The third-order valence-corrected chi connectivity index (χ3v) is 5.23. The number of carbonyl (C=O) groups is 2. The summed E-state index contributed by atoms with van der Waals surface area (Å²) in [5.74, 6) is 0.239. The van der Waals surface area contributed by atoms with Crippen molar-refractivity contribution >= 4 is 51.1 Å². The van der Waals surface area contributed by atoms with Gasteiger partial charge in [-0.15, -0.1) is 0 Å². The molecule has 1 unspecified atom stereocenters. The van der Waals surface area contributed by atoms with Crippen molar-refractivity contribution in [3.8, 4) is 5.75 Å². The molecular weight excluding hydrogens is 443 g/mol. The minimum absolute atomic E-state index is 0.121. The highest BCUT2D eigenvalue weighted by molar-refractivity contribution is 9.10. The van der Waals surface area contributed by atoms with Crippen LogP contribution in [-0.2, 0) is 10.3 Å². The lowest BCUT2D eigenvalue weighted by Gasteiger charge is -2.22. The van der Waals surface area contributed by atoms with Crippen molar-refractivity contribution in [3.05, 3.63) is 62.5 Å². The van der Waals surface area contributed by atoms with E-state index in [2.05, 4.69) is 21.2 Å². The maximum absolute atomic E-state index is 12.8. The molecule has 26 heavy (non-hydrogen) atoms. The number of halogens is 3. The molecule has 1 fully saturated rings. The largest absolute Gasteiger partial charge is 0.491 e. The van der Waals surface area contributed by atoms with Gasteiger partial charge in [0.1, 0.15) is 17.9 Å². The molecule has 0 aromatic heterocycles. The zero-order valence-corrected chi connectivity index (χ0v) is 16.9.